The fraction of sp³-hybridized carbons (Fsp3) is 0.526. The van der Waals surface area contributed by atoms with Crippen molar-refractivity contribution in [3.05, 3.63) is 28.6 Å². The van der Waals surface area contributed by atoms with Crippen LogP contribution in [0.4, 0.5) is 0 Å². The van der Waals surface area contributed by atoms with Crippen molar-refractivity contribution in [1.82, 2.24) is 4.57 Å². The number of aromatic nitrogens is 1. The van der Waals surface area contributed by atoms with Crippen molar-refractivity contribution in [3.8, 4) is 0 Å². The number of hydrogen-bond acceptors (Lipinski definition) is 4. The van der Waals surface area contributed by atoms with E-state index in [1.165, 1.54) is 24.0 Å². The Morgan fingerprint density at radius 1 is 1.20 bits per heavy atom. The molecule has 25 heavy (non-hydrogen) atoms. The standard InChI is InChI=1S/C19H26N2O3S/c1-4-6-8-14-10-11-15-16(12-14)25-19(20-17(22)9-7-5-2)21(15)13-18(23)24-3/h10-12H,4-9,13H2,1-3H3. The van der Waals surface area contributed by atoms with Crippen LogP contribution in [0.15, 0.2) is 23.2 Å². The Hall–Kier alpha value is -1.95. The number of fused-ring (bicyclic) bond motifs is 1. The van der Waals surface area contributed by atoms with Crippen LogP contribution in [0.3, 0.4) is 0 Å². The molecule has 5 nitrogen and oxygen atoms in total. The third-order valence-electron chi connectivity index (χ3n) is 4.05. The smallest absolute Gasteiger partial charge is 0.325 e. The molecule has 1 heterocycles. The van der Waals surface area contributed by atoms with Gasteiger partial charge >= 0.3 is 5.97 Å². The Balaban J connectivity index is 2.46. The molecule has 1 aromatic carbocycles. The van der Waals surface area contributed by atoms with Crippen molar-refractivity contribution in [1.29, 1.82) is 0 Å². The first kappa shape index (κ1) is 19.4. The molecule has 136 valence electrons. The maximum Gasteiger partial charge on any atom is 0.325 e. The molecule has 0 saturated heterocycles. The number of carbonyl (C=O) groups is 2. The maximum atomic E-state index is 12.1. The number of unbranched alkanes of at least 4 members (excludes halogenated alkanes) is 2. The quantitative estimate of drug-likeness (QED) is 0.671. The highest BCUT2D eigenvalue weighted by atomic mass is 32.1. The summed E-state index contributed by atoms with van der Waals surface area (Å²) in [6.45, 7) is 4.28. The summed E-state index contributed by atoms with van der Waals surface area (Å²) in [5.41, 5.74) is 2.18. The highest BCUT2D eigenvalue weighted by Gasteiger charge is 2.12. The Labute approximate surface area is 152 Å². The van der Waals surface area contributed by atoms with E-state index in [0.717, 1.165) is 42.3 Å². The molecule has 0 aliphatic rings. The largest absolute Gasteiger partial charge is 0.468 e. The third kappa shape index (κ3) is 5.26. The molecule has 0 fully saturated rings. The first-order chi connectivity index (χ1) is 12.1. The molecule has 2 rings (SSSR count). The van der Waals surface area contributed by atoms with Crippen LogP contribution in [0.2, 0.25) is 0 Å². The van der Waals surface area contributed by atoms with E-state index in [1.54, 1.807) is 4.57 Å². The summed E-state index contributed by atoms with van der Waals surface area (Å²) in [6, 6.07) is 6.23. The molecule has 0 N–H and O–H groups in total. The van der Waals surface area contributed by atoms with Crippen molar-refractivity contribution >= 4 is 33.4 Å². The molecule has 1 amide bonds. The lowest BCUT2D eigenvalue weighted by Crippen LogP contribution is -2.22. The van der Waals surface area contributed by atoms with Gasteiger partial charge in [0.15, 0.2) is 4.80 Å². The van der Waals surface area contributed by atoms with Gasteiger partial charge < -0.3 is 9.30 Å². The molecule has 0 unspecified atom stereocenters. The summed E-state index contributed by atoms with van der Waals surface area (Å²) < 4.78 is 7.61. The predicted octanol–water partition coefficient (Wildman–Crippen LogP) is 3.84. The molecule has 0 aliphatic heterocycles. The third-order valence-corrected chi connectivity index (χ3v) is 5.09. The summed E-state index contributed by atoms with van der Waals surface area (Å²) in [4.78, 5) is 28.7. The summed E-state index contributed by atoms with van der Waals surface area (Å²) >= 11 is 1.45. The minimum absolute atomic E-state index is 0.0602. The average Bonchev–Trinajstić information content (AvgIpc) is 2.94. The van der Waals surface area contributed by atoms with Gasteiger partial charge in [0.25, 0.3) is 0 Å². The molecule has 0 saturated carbocycles. The molecule has 6 heteroatoms. The summed E-state index contributed by atoms with van der Waals surface area (Å²) in [5.74, 6) is -0.490. The van der Waals surface area contributed by atoms with Crippen molar-refractivity contribution in [2.45, 2.75) is 58.9 Å². The fourth-order valence-electron chi connectivity index (χ4n) is 2.58. The maximum absolute atomic E-state index is 12.1. The Bertz CT molecular complexity index is 805. The van der Waals surface area contributed by atoms with Crippen LogP contribution < -0.4 is 4.80 Å². The van der Waals surface area contributed by atoms with Gasteiger partial charge in [-0.25, -0.2) is 0 Å². The molecule has 2 aromatic rings. The highest BCUT2D eigenvalue weighted by Crippen LogP contribution is 2.20. The number of esters is 1. The van der Waals surface area contributed by atoms with Gasteiger partial charge in [0, 0.05) is 6.42 Å². The van der Waals surface area contributed by atoms with E-state index in [2.05, 4.69) is 24.0 Å². The topological polar surface area (TPSA) is 60.7 Å². The predicted molar refractivity (Wildman–Crippen MR) is 101 cm³/mol. The molecular formula is C19H26N2O3S. The lowest BCUT2D eigenvalue weighted by Gasteiger charge is -2.04. The van der Waals surface area contributed by atoms with Crippen LogP contribution >= 0.6 is 11.3 Å². The number of nitrogens with zero attached hydrogens (tertiary/aromatic N) is 2. The number of aryl methyl sites for hydroxylation is 1. The van der Waals surface area contributed by atoms with Gasteiger partial charge in [-0.1, -0.05) is 44.1 Å². The number of ether oxygens (including phenoxy) is 1. The van der Waals surface area contributed by atoms with Crippen molar-refractivity contribution in [3.63, 3.8) is 0 Å². The van der Waals surface area contributed by atoms with Gasteiger partial charge in [-0.15, -0.1) is 0 Å². The number of hydrogen-bond donors (Lipinski definition) is 0. The van der Waals surface area contributed by atoms with Gasteiger partial charge in [0.1, 0.15) is 6.54 Å². The van der Waals surface area contributed by atoms with Crippen LogP contribution in [0.5, 0.6) is 0 Å². The number of thiazole rings is 1. The SMILES string of the molecule is CCCCC(=O)N=c1sc2cc(CCCC)ccc2n1CC(=O)OC. The van der Waals surface area contributed by atoms with E-state index in [9.17, 15) is 9.59 Å². The molecule has 0 atom stereocenters. The van der Waals surface area contributed by atoms with E-state index in [0.29, 0.717) is 11.2 Å². The second-order valence-electron chi connectivity index (χ2n) is 6.06. The number of rotatable bonds is 8. The normalized spacial score (nSPS) is 11.9. The number of benzene rings is 1. The second-order valence-corrected chi connectivity index (χ2v) is 7.07. The van der Waals surface area contributed by atoms with Crippen molar-refractivity contribution in [2.75, 3.05) is 7.11 Å². The highest BCUT2D eigenvalue weighted by molar-refractivity contribution is 7.16. The number of carbonyl (C=O) groups excluding carboxylic acids is 2. The molecule has 0 spiro atoms. The Morgan fingerprint density at radius 2 is 1.96 bits per heavy atom. The van der Waals surface area contributed by atoms with E-state index in [1.807, 2.05) is 13.0 Å². The Kier molecular flexibility index (Phi) is 7.37. The van der Waals surface area contributed by atoms with E-state index in [4.69, 9.17) is 4.74 Å². The second kappa shape index (κ2) is 9.51. The minimum Gasteiger partial charge on any atom is -0.468 e. The van der Waals surface area contributed by atoms with E-state index < -0.39 is 0 Å². The summed E-state index contributed by atoms with van der Waals surface area (Å²) in [7, 11) is 1.36. The monoisotopic (exact) mass is 362 g/mol. The van der Waals surface area contributed by atoms with Crippen LogP contribution in [0, 0.1) is 0 Å². The van der Waals surface area contributed by atoms with Crippen molar-refractivity contribution in [2.24, 2.45) is 4.99 Å². The zero-order valence-electron chi connectivity index (χ0n) is 15.2. The van der Waals surface area contributed by atoms with Crippen LogP contribution in [0.1, 0.15) is 51.5 Å². The summed E-state index contributed by atoms with van der Waals surface area (Å²) in [5, 5.41) is 0. The van der Waals surface area contributed by atoms with Gasteiger partial charge in [0.2, 0.25) is 5.91 Å². The van der Waals surface area contributed by atoms with Crippen molar-refractivity contribution < 1.29 is 14.3 Å². The zero-order valence-corrected chi connectivity index (χ0v) is 16.0. The minimum atomic E-state index is -0.350. The molecule has 0 aliphatic carbocycles. The lowest BCUT2D eigenvalue weighted by molar-refractivity contribution is -0.141. The van der Waals surface area contributed by atoms with Gasteiger partial charge in [0.05, 0.1) is 17.3 Å². The molecule has 1 aromatic heterocycles. The van der Waals surface area contributed by atoms with Gasteiger partial charge in [-0.2, -0.15) is 4.99 Å². The lowest BCUT2D eigenvalue weighted by atomic mass is 10.1. The zero-order chi connectivity index (χ0) is 18.2. The van der Waals surface area contributed by atoms with E-state index in [-0.39, 0.29) is 18.4 Å². The molecular weight excluding hydrogens is 336 g/mol. The molecule has 0 bridgehead atoms. The van der Waals surface area contributed by atoms with Gasteiger partial charge in [-0.05, 0) is 37.0 Å². The van der Waals surface area contributed by atoms with E-state index >= 15 is 0 Å². The first-order valence-electron chi connectivity index (χ1n) is 8.85. The Morgan fingerprint density at radius 3 is 2.64 bits per heavy atom. The van der Waals surface area contributed by atoms with Crippen LogP contribution in [-0.2, 0) is 27.3 Å². The molecule has 0 radical (unpaired) electrons. The van der Waals surface area contributed by atoms with Crippen LogP contribution in [-0.4, -0.2) is 23.6 Å². The number of methoxy groups -OCH3 is 1. The fourth-order valence-corrected chi connectivity index (χ4v) is 3.69. The average molecular weight is 362 g/mol. The first-order valence-corrected chi connectivity index (χ1v) is 9.67. The van der Waals surface area contributed by atoms with Crippen LogP contribution in [0.25, 0.3) is 10.2 Å². The summed E-state index contributed by atoms with van der Waals surface area (Å²) in [6.07, 6.45) is 5.54. The number of amides is 1. The van der Waals surface area contributed by atoms with Gasteiger partial charge in [-0.3, -0.25) is 9.59 Å².